The molecule has 9 heteroatoms. The number of benzene rings is 4. The van der Waals surface area contributed by atoms with Crippen molar-refractivity contribution in [1.82, 2.24) is 0 Å². The molecule has 4 aromatic rings. The number of methoxy groups -OCH3 is 3. The van der Waals surface area contributed by atoms with Crippen LogP contribution in [0.3, 0.4) is 0 Å². The zero-order valence-electron chi connectivity index (χ0n) is 31.3. The van der Waals surface area contributed by atoms with Crippen molar-refractivity contribution in [3.8, 4) is 39.1 Å². The number of esters is 3. The van der Waals surface area contributed by atoms with Gasteiger partial charge >= 0.3 is 17.9 Å². The first kappa shape index (κ1) is 41.2. The molecule has 0 spiro atoms. The van der Waals surface area contributed by atoms with E-state index >= 15 is 0 Å². The summed E-state index contributed by atoms with van der Waals surface area (Å²) in [5.74, 6) is -1.04. The first-order valence-electron chi connectivity index (χ1n) is 17.6. The Kier molecular flexibility index (Phi) is 16.1. The molecular weight excluding hydrogens is 684 g/mol. The first-order valence-corrected chi connectivity index (χ1v) is 17.6. The molecular formula is C45H48O9. The molecule has 4 aromatic carbocycles. The van der Waals surface area contributed by atoms with Gasteiger partial charge in [0.15, 0.2) is 0 Å². The Labute approximate surface area is 317 Å². The zero-order valence-corrected chi connectivity index (χ0v) is 31.3. The molecule has 0 aliphatic rings. The first-order chi connectivity index (χ1) is 26.1. The molecule has 0 fully saturated rings. The summed E-state index contributed by atoms with van der Waals surface area (Å²) < 4.78 is 31.4. The molecule has 4 rings (SSSR count). The summed E-state index contributed by atoms with van der Waals surface area (Å²) in [5.41, 5.74) is 8.60. The standard InChI is InChI=1S/C45H48O9/c1-31(28-49-4)43(46)52-25-7-9-34-11-15-36(16-12-34)37-19-21-39(22-20-37)41-24-23-40(27-42(41)54-45(48)33(3)30-51-6)38-17-13-35(14-18-38)10-8-26-53-44(47)32(2)29-50-5/h11-24,27H,1-3,7-10,25-26,28-30H2,4-6H3. The minimum Gasteiger partial charge on any atom is -0.462 e. The van der Waals surface area contributed by atoms with E-state index in [2.05, 4.69) is 44.0 Å². The van der Waals surface area contributed by atoms with E-state index in [1.807, 2.05) is 66.7 Å². The van der Waals surface area contributed by atoms with E-state index in [0.717, 1.165) is 57.3 Å². The number of rotatable bonds is 21. The van der Waals surface area contributed by atoms with E-state index in [1.54, 1.807) is 0 Å². The highest BCUT2D eigenvalue weighted by atomic mass is 16.5. The van der Waals surface area contributed by atoms with Gasteiger partial charge in [0.05, 0.1) is 49.8 Å². The highest BCUT2D eigenvalue weighted by Crippen LogP contribution is 2.36. The van der Waals surface area contributed by atoms with Gasteiger partial charge in [-0.1, -0.05) is 105 Å². The van der Waals surface area contributed by atoms with Crippen molar-refractivity contribution >= 4 is 17.9 Å². The largest absolute Gasteiger partial charge is 0.462 e. The molecule has 0 aliphatic heterocycles. The van der Waals surface area contributed by atoms with Crippen LogP contribution in [-0.4, -0.2) is 72.3 Å². The van der Waals surface area contributed by atoms with Crippen LogP contribution in [0.5, 0.6) is 5.75 Å². The molecule has 0 bridgehead atoms. The minimum absolute atomic E-state index is 0.0579. The molecule has 0 aromatic heterocycles. The van der Waals surface area contributed by atoms with Gasteiger partial charge in [0.1, 0.15) is 5.75 Å². The van der Waals surface area contributed by atoms with Crippen molar-refractivity contribution in [3.05, 3.63) is 139 Å². The Balaban J connectivity index is 1.43. The zero-order chi connectivity index (χ0) is 38.9. The Morgan fingerprint density at radius 2 is 0.852 bits per heavy atom. The third-order valence-corrected chi connectivity index (χ3v) is 8.46. The summed E-state index contributed by atoms with van der Waals surface area (Å²) in [7, 11) is 4.51. The molecule has 0 heterocycles. The molecule has 0 radical (unpaired) electrons. The van der Waals surface area contributed by atoms with E-state index in [4.69, 9.17) is 28.4 Å². The Bertz CT molecular complexity index is 1910. The molecule has 9 nitrogen and oxygen atoms in total. The van der Waals surface area contributed by atoms with Gasteiger partial charge in [0.2, 0.25) is 0 Å². The molecule has 0 N–H and O–H groups in total. The monoisotopic (exact) mass is 732 g/mol. The van der Waals surface area contributed by atoms with Crippen molar-refractivity contribution in [2.24, 2.45) is 0 Å². The molecule has 0 atom stereocenters. The van der Waals surface area contributed by atoms with Crippen LogP contribution in [0.1, 0.15) is 24.0 Å². The number of ether oxygens (including phenoxy) is 6. The van der Waals surface area contributed by atoms with Crippen LogP contribution in [0, 0.1) is 0 Å². The number of hydrogen-bond donors (Lipinski definition) is 0. The smallest absolute Gasteiger partial charge is 0.341 e. The van der Waals surface area contributed by atoms with Gasteiger partial charge < -0.3 is 28.4 Å². The van der Waals surface area contributed by atoms with E-state index < -0.39 is 17.9 Å². The molecule has 0 unspecified atom stereocenters. The SMILES string of the molecule is C=C(COC)C(=O)OCCCc1ccc(-c2ccc(-c3ccc(-c4ccc(CCCOC(=O)C(=C)COC)cc4)cc3OC(=O)C(=C)COC)cc2)cc1. The quantitative estimate of drug-likeness (QED) is 0.0363. The van der Waals surface area contributed by atoms with Crippen molar-refractivity contribution in [1.29, 1.82) is 0 Å². The third kappa shape index (κ3) is 12.2. The van der Waals surface area contributed by atoms with Gasteiger partial charge in [0.25, 0.3) is 0 Å². The van der Waals surface area contributed by atoms with E-state index in [9.17, 15) is 14.4 Å². The Hall–Kier alpha value is -5.61. The lowest BCUT2D eigenvalue weighted by Gasteiger charge is -2.14. The lowest BCUT2D eigenvalue weighted by Crippen LogP contribution is -2.14. The van der Waals surface area contributed by atoms with Crippen LogP contribution in [0.2, 0.25) is 0 Å². The van der Waals surface area contributed by atoms with Crippen LogP contribution in [0.25, 0.3) is 33.4 Å². The highest BCUT2D eigenvalue weighted by molar-refractivity contribution is 5.92. The van der Waals surface area contributed by atoms with Crippen molar-refractivity contribution < 1.29 is 42.8 Å². The molecule has 0 saturated carbocycles. The maximum Gasteiger partial charge on any atom is 0.341 e. The normalized spacial score (nSPS) is 10.7. The minimum atomic E-state index is -0.566. The van der Waals surface area contributed by atoms with Crippen molar-refractivity contribution in [3.63, 3.8) is 0 Å². The number of carbonyl (C=O) groups is 3. The second-order valence-corrected chi connectivity index (χ2v) is 12.7. The fourth-order valence-corrected chi connectivity index (χ4v) is 5.55. The number of carbonyl (C=O) groups excluding carboxylic acids is 3. The number of aryl methyl sites for hydroxylation is 2. The van der Waals surface area contributed by atoms with Crippen LogP contribution in [0.15, 0.2) is 127 Å². The van der Waals surface area contributed by atoms with Gasteiger partial charge in [0, 0.05) is 26.9 Å². The predicted molar refractivity (Wildman–Crippen MR) is 210 cm³/mol. The van der Waals surface area contributed by atoms with Crippen molar-refractivity contribution in [2.75, 3.05) is 54.4 Å². The summed E-state index contributed by atoms with van der Waals surface area (Å²) >= 11 is 0. The predicted octanol–water partition coefficient (Wildman–Crippen LogP) is 8.15. The van der Waals surface area contributed by atoms with Crippen LogP contribution < -0.4 is 4.74 Å². The summed E-state index contributed by atoms with van der Waals surface area (Å²) in [6, 6.07) is 30.3. The maximum absolute atomic E-state index is 13.0. The highest BCUT2D eigenvalue weighted by Gasteiger charge is 2.16. The molecule has 0 amide bonds. The molecule has 0 aliphatic carbocycles. The summed E-state index contributed by atoms with van der Waals surface area (Å²) in [5, 5.41) is 0. The van der Waals surface area contributed by atoms with E-state index in [0.29, 0.717) is 30.8 Å². The van der Waals surface area contributed by atoms with Crippen LogP contribution >= 0.6 is 0 Å². The topological polar surface area (TPSA) is 107 Å². The lowest BCUT2D eigenvalue weighted by atomic mass is 9.96. The second kappa shape index (κ2) is 21.2. The van der Waals surface area contributed by atoms with E-state index in [-0.39, 0.29) is 37.6 Å². The van der Waals surface area contributed by atoms with Gasteiger partial charge in [-0.2, -0.15) is 0 Å². The number of hydrogen-bond acceptors (Lipinski definition) is 9. The third-order valence-electron chi connectivity index (χ3n) is 8.46. The Morgan fingerprint density at radius 3 is 1.30 bits per heavy atom. The Morgan fingerprint density at radius 1 is 0.481 bits per heavy atom. The molecule has 0 saturated heterocycles. The maximum atomic E-state index is 13.0. The lowest BCUT2D eigenvalue weighted by molar-refractivity contribution is -0.140. The van der Waals surface area contributed by atoms with E-state index in [1.165, 1.54) is 21.3 Å². The van der Waals surface area contributed by atoms with Crippen molar-refractivity contribution in [2.45, 2.75) is 25.7 Å². The average Bonchev–Trinajstić information content (AvgIpc) is 3.18. The average molecular weight is 733 g/mol. The summed E-state index contributed by atoms with van der Waals surface area (Å²) in [6.45, 7) is 12.1. The van der Waals surface area contributed by atoms with Crippen LogP contribution in [-0.2, 0) is 50.9 Å². The molecule has 282 valence electrons. The van der Waals surface area contributed by atoms with Gasteiger partial charge in [-0.3, -0.25) is 0 Å². The van der Waals surface area contributed by atoms with Crippen LogP contribution in [0.4, 0.5) is 0 Å². The second-order valence-electron chi connectivity index (χ2n) is 12.7. The van der Waals surface area contributed by atoms with Gasteiger partial charge in [-0.15, -0.1) is 0 Å². The fraction of sp³-hybridized carbons (Fsp3) is 0.267. The van der Waals surface area contributed by atoms with Gasteiger partial charge in [-0.05, 0) is 70.7 Å². The summed E-state index contributed by atoms with van der Waals surface area (Å²) in [6.07, 6.45) is 2.87. The fourth-order valence-electron chi connectivity index (χ4n) is 5.55. The molecule has 54 heavy (non-hydrogen) atoms. The van der Waals surface area contributed by atoms with Gasteiger partial charge in [-0.25, -0.2) is 14.4 Å². The summed E-state index contributed by atoms with van der Waals surface area (Å²) in [4.78, 5) is 36.8.